The van der Waals surface area contributed by atoms with Crippen LogP contribution in [0.5, 0.6) is 5.75 Å². The van der Waals surface area contributed by atoms with Gasteiger partial charge in [-0.1, -0.05) is 0 Å². The molecule has 1 saturated carbocycles. The zero-order chi connectivity index (χ0) is 19.0. The normalized spacial score (nSPS) is 24.7. The molecule has 2 aromatic heterocycles. The Balaban J connectivity index is 1.59. The molecule has 0 bridgehead atoms. The molecule has 3 heterocycles. The molecule has 1 saturated heterocycles. The van der Waals surface area contributed by atoms with E-state index in [1.54, 1.807) is 0 Å². The highest BCUT2D eigenvalue weighted by Crippen LogP contribution is 2.39. The molecule has 0 radical (unpaired) electrons. The number of hydrogen-bond donors (Lipinski definition) is 2. The number of fused-ring (bicyclic) bond motifs is 1. The van der Waals surface area contributed by atoms with Gasteiger partial charge in [0.1, 0.15) is 0 Å². The molecular weight excluding hydrogens is 359 g/mol. The minimum absolute atomic E-state index is 0.0744. The molecule has 2 unspecified atom stereocenters. The van der Waals surface area contributed by atoms with Crippen molar-refractivity contribution in [2.24, 2.45) is 11.8 Å². The molecule has 4 rings (SSSR count). The summed E-state index contributed by atoms with van der Waals surface area (Å²) in [6.07, 6.45) is -0.181. The molecular formula is C18H20F3N5O. The molecule has 27 heavy (non-hydrogen) atoms. The van der Waals surface area contributed by atoms with Crippen LogP contribution >= 0.6 is 0 Å². The Bertz CT molecular complexity index is 817. The zero-order valence-corrected chi connectivity index (χ0v) is 14.8. The summed E-state index contributed by atoms with van der Waals surface area (Å²) in [6.45, 7) is 2.07. The van der Waals surface area contributed by atoms with E-state index in [1.165, 1.54) is 13.2 Å². The van der Waals surface area contributed by atoms with Crippen molar-refractivity contribution in [3.63, 3.8) is 0 Å². The average Bonchev–Trinajstić information content (AvgIpc) is 3.23. The van der Waals surface area contributed by atoms with Crippen LogP contribution in [-0.2, 0) is 6.18 Å². The van der Waals surface area contributed by atoms with Gasteiger partial charge in [0.25, 0.3) is 0 Å². The number of anilines is 1. The summed E-state index contributed by atoms with van der Waals surface area (Å²) < 4.78 is 45.1. The largest absolute Gasteiger partial charge is 0.493 e. The Hall–Kier alpha value is -2.42. The van der Waals surface area contributed by atoms with Crippen LogP contribution in [0.2, 0.25) is 0 Å². The second kappa shape index (κ2) is 6.95. The second-order valence-corrected chi connectivity index (χ2v) is 7.06. The smallest absolute Gasteiger partial charge is 0.417 e. The van der Waals surface area contributed by atoms with E-state index in [-0.39, 0.29) is 17.3 Å². The third-order valence-electron chi connectivity index (χ3n) is 5.38. The summed E-state index contributed by atoms with van der Waals surface area (Å²) in [5.41, 5.74) is -0.847. The SMILES string of the molecule is COc1cc(-c2cnccc2C(F)(F)F)nnc1NC1CC2CNCC2C1. The van der Waals surface area contributed by atoms with Crippen molar-refractivity contribution in [3.05, 3.63) is 30.1 Å². The summed E-state index contributed by atoms with van der Waals surface area (Å²) >= 11 is 0. The van der Waals surface area contributed by atoms with E-state index >= 15 is 0 Å². The van der Waals surface area contributed by atoms with E-state index in [2.05, 4.69) is 25.8 Å². The highest BCUT2D eigenvalue weighted by Gasteiger charge is 2.38. The lowest BCUT2D eigenvalue weighted by atomic mass is 10.0. The van der Waals surface area contributed by atoms with Gasteiger partial charge in [-0.2, -0.15) is 13.2 Å². The lowest BCUT2D eigenvalue weighted by molar-refractivity contribution is -0.137. The first-order chi connectivity index (χ1) is 13.0. The van der Waals surface area contributed by atoms with Gasteiger partial charge in [-0.3, -0.25) is 4.98 Å². The molecule has 0 aromatic carbocycles. The number of aromatic nitrogens is 3. The van der Waals surface area contributed by atoms with Gasteiger partial charge in [-0.05, 0) is 43.8 Å². The third-order valence-corrected chi connectivity index (χ3v) is 5.38. The van der Waals surface area contributed by atoms with E-state index in [9.17, 15) is 13.2 Å². The topological polar surface area (TPSA) is 72.0 Å². The molecule has 1 aliphatic heterocycles. The standard InChI is InChI=1S/C18H20F3N5O/c1-27-16-6-15(13-9-22-3-2-14(13)18(19,20)21)25-26-17(16)24-12-4-10-7-23-8-11(10)5-12/h2-3,6,9-12,23H,4-5,7-8H2,1H3,(H,24,26). The summed E-state index contributed by atoms with van der Waals surface area (Å²) in [5, 5.41) is 14.9. The Morgan fingerprint density at radius 3 is 2.59 bits per heavy atom. The Labute approximate surface area is 154 Å². The number of alkyl halides is 3. The quantitative estimate of drug-likeness (QED) is 0.851. The molecule has 2 fully saturated rings. The maximum absolute atomic E-state index is 13.3. The lowest BCUT2D eigenvalue weighted by Gasteiger charge is -2.17. The number of pyridine rings is 1. The molecule has 2 aliphatic rings. The van der Waals surface area contributed by atoms with Crippen LogP contribution in [0.15, 0.2) is 24.5 Å². The monoisotopic (exact) mass is 379 g/mol. The minimum atomic E-state index is -4.50. The van der Waals surface area contributed by atoms with Crippen molar-refractivity contribution in [3.8, 4) is 17.0 Å². The highest BCUT2D eigenvalue weighted by atomic mass is 19.4. The average molecular weight is 379 g/mol. The van der Waals surface area contributed by atoms with Crippen LogP contribution in [0.3, 0.4) is 0 Å². The van der Waals surface area contributed by atoms with Crippen LogP contribution in [0, 0.1) is 11.8 Å². The summed E-state index contributed by atoms with van der Waals surface area (Å²) in [5.74, 6) is 2.14. The van der Waals surface area contributed by atoms with Crippen LogP contribution in [-0.4, -0.2) is 41.4 Å². The lowest BCUT2D eigenvalue weighted by Crippen LogP contribution is -2.21. The van der Waals surface area contributed by atoms with E-state index in [0.717, 1.165) is 44.4 Å². The predicted octanol–water partition coefficient (Wildman–Crippen LogP) is 2.98. The predicted molar refractivity (Wildman–Crippen MR) is 93.3 cm³/mol. The molecule has 2 N–H and O–H groups in total. The maximum atomic E-state index is 13.3. The van der Waals surface area contributed by atoms with Crippen LogP contribution < -0.4 is 15.4 Å². The van der Waals surface area contributed by atoms with Gasteiger partial charge in [-0.15, -0.1) is 10.2 Å². The fourth-order valence-corrected chi connectivity index (χ4v) is 4.08. The number of ether oxygens (including phenoxy) is 1. The van der Waals surface area contributed by atoms with Crippen molar-refractivity contribution in [2.75, 3.05) is 25.5 Å². The molecule has 2 atom stereocenters. The Morgan fingerprint density at radius 1 is 1.19 bits per heavy atom. The van der Waals surface area contributed by atoms with Crippen LogP contribution in [0.4, 0.5) is 19.0 Å². The van der Waals surface area contributed by atoms with Crippen molar-refractivity contribution in [2.45, 2.75) is 25.1 Å². The number of nitrogens with one attached hydrogen (secondary N) is 2. The second-order valence-electron chi connectivity index (χ2n) is 7.06. The molecule has 6 nitrogen and oxygen atoms in total. The number of nitrogens with zero attached hydrogens (tertiary/aromatic N) is 3. The first-order valence-corrected chi connectivity index (χ1v) is 8.86. The zero-order valence-electron chi connectivity index (χ0n) is 14.8. The van der Waals surface area contributed by atoms with Gasteiger partial charge in [0.2, 0.25) is 0 Å². The van der Waals surface area contributed by atoms with Crippen molar-refractivity contribution in [1.29, 1.82) is 0 Å². The fraction of sp³-hybridized carbons (Fsp3) is 0.500. The van der Waals surface area contributed by atoms with E-state index < -0.39 is 11.7 Å². The number of halogens is 3. The summed E-state index contributed by atoms with van der Waals surface area (Å²) in [7, 11) is 1.47. The summed E-state index contributed by atoms with van der Waals surface area (Å²) in [6, 6.07) is 2.67. The molecule has 2 aromatic rings. The van der Waals surface area contributed by atoms with E-state index in [0.29, 0.717) is 23.4 Å². The summed E-state index contributed by atoms with van der Waals surface area (Å²) in [4.78, 5) is 3.80. The van der Waals surface area contributed by atoms with Gasteiger partial charge in [0, 0.05) is 30.1 Å². The van der Waals surface area contributed by atoms with Crippen LogP contribution in [0.25, 0.3) is 11.3 Å². The number of methoxy groups -OCH3 is 1. The third kappa shape index (κ3) is 3.55. The maximum Gasteiger partial charge on any atom is 0.417 e. The molecule has 1 aliphatic carbocycles. The van der Waals surface area contributed by atoms with Gasteiger partial charge in [0.05, 0.1) is 18.4 Å². The van der Waals surface area contributed by atoms with Crippen LogP contribution in [0.1, 0.15) is 18.4 Å². The van der Waals surface area contributed by atoms with Crippen molar-refractivity contribution in [1.82, 2.24) is 20.5 Å². The van der Waals surface area contributed by atoms with Gasteiger partial charge in [0.15, 0.2) is 11.6 Å². The molecule has 0 spiro atoms. The highest BCUT2D eigenvalue weighted by molar-refractivity contribution is 5.67. The Morgan fingerprint density at radius 2 is 1.93 bits per heavy atom. The van der Waals surface area contributed by atoms with E-state index in [4.69, 9.17) is 4.74 Å². The molecule has 144 valence electrons. The number of hydrogen-bond acceptors (Lipinski definition) is 6. The minimum Gasteiger partial charge on any atom is -0.493 e. The van der Waals surface area contributed by atoms with Crippen molar-refractivity contribution < 1.29 is 17.9 Å². The fourth-order valence-electron chi connectivity index (χ4n) is 4.08. The molecule has 0 amide bonds. The Kier molecular flexibility index (Phi) is 4.63. The van der Waals surface area contributed by atoms with Gasteiger partial charge in [-0.25, -0.2) is 0 Å². The first kappa shape index (κ1) is 18.0. The van der Waals surface area contributed by atoms with Gasteiger partial charge < -0.3 is 15.4 Å². The van der Waals surface area contributed by atoms with Crippen molar-refractivity contribution >= 4 is 5.82 Å². The van der Waals surface area contributed by atoms with E-state index in [1.807, 2.05) is 0 Å². The first-order valence-electron chi connectivity index (χ1n) is 8.86. The number of rotatable bonds is 4. The molecule has 9 heteroatoms. The van der Waals surface area contributed by atoms with Gasteiger partial charge >= 0.3 is 6.18 Å².